The van der Waals surface area contributed by atoms with Gasteiger partial charge in [0, 0.05) is 12.7 Å². The highest BCUT2D eigenvalue weighted by Gasteiger charge is 2.32. The molecule has 3 aromatic rings. The van der Waals surface area contributed by atoms with Crippen LogP contribution in [0.3, 0.4) is 0 Å². The maximum Gasteiger partial charge on any atom is 0.416 e. The van der Waals surface area contributed by atoms with Crippen LogP contribution >= 0.6 is 0 Å². The predicted molar refractivity (Wildman–Crippen MR) is 88.8 cm³/mol. The van der Waals surface area contributed by atoms with Crippen LogP contribution in [-0.4, -0.2) is 15.4 Å². The first kappa shape index (κ1) is 17.5. The summed E-state index contributed by atoms with van der Waals surface area (Å²) in [5.41, 5.74) is -1.09. The fraction of sp³-hybridized carbons (Fsp3) is 0.118. The van der Waals surface area contributed by atoms with Crippen molar-refractivity contribution >= 4 is 17.4 Å². The molecule has 9 heteroatoms. The highest BCUT2D eigenvalue weighted by molar-refractivity contribution is 5.88. The number of urea groups is 1. The van der Waals surface area contributed by atoms with Crippen molar-refractivity contribution in [1.82, 2.24) is 14.7 Å². The molecule has 0 saturated heterocycles. The summed E-state index contributed by atoms with van der Waals surface area (Å²) in [6, 6.07) is 9.09. The molecular formula is C17H13F3N4O2. The first-order chi connectivity index (χ1) is 12.4. The number of amides is 2. The zero-order valence-electron chi connectivity index (χ0n) is 13.2. The molecule has 134 valence electrons. The lowest BCUT2D eigenvalue weighted by Crippen LogP contribution is -2.32. The van der Waals surface area contributed by atoms with Gasteiger partial charge in [-0.2, -0.15) is 13.2 Å². The molecule has 6 nitrogen and oxygen atoms in total. The van der Waals surface area contributed by atoms with Crippen LogP contribution in [0.25, 0.3) is 5.65 Å². The van der Waals surface area contributed by atoms with Gasteiger partial charge in [-0.3, -0.25) is 9.20 Å². The Morgan fingerprint density at radius 1 is 1.12 bits per heavy atom. The molecule has 0 bridgehead atoms. The predicted octanol–water partition coefficient (Wildman–Crippen LogP) is 3.04. The molecule has 1 aromatic carbocycles. The van der Waals surface area contributed by atoms with Gasteiger partial charge in [0.25, 0.3) is 5.56 Å². The lowest BCUT2D eigenvalue weighted by molar-refractivity contribution is -0.138. The molecule has 2 amide bonds. The molecular weight excluding hydrogens is 349 g/mol. The smallest absolute Gasteiger partial charge is 0.334 e. The van der Waals surface area contributed by atoms with E-state index in [1.54, 1.807) is 18.2 Å². The number of hydrogen-bond donors (Lipinski definition) is 2. The van der Waals surface area contributed by atoms with Crippen LogP contribution in [0.5, 0.6) is 0 Å². The van der Waals surface area contributed by atoms with Crippen LogP contribution in [0.4, 0.5) is 23.7 Å². The molecule has 0 radical (unpaired) electrons. The Morgan fingerprint density at radius 3 is 2.62 bits per heavy atom. The number of benzene rings is 1. The van der Waals surface area contributed by atoms with Gasteiger partial charge in [-0.1, -0.05) is 24.3 Å². The number of fused-ring (bicyclic) bond motifs is 1. The van der Waals surface area contributed by atoms with Gasteiger partial charge in [-0.05, 0) is 23.8 Å². The average molecular weight is 362 g/mol. The zero-order valence-corrected chi connectivity index (χ0v) is 13.2. The Balaban J connectivity index is 1.73. The van der Waals surface area contributed by atoms with Crippen LogP contribution < -0.4 is 16.2 Å². The molecule has 0 fully saturated rings. The van der Waals surface area contributed by atoms with E-state index in [2.05, 4.69) is 15.6 Å². The SMILES string of the molecule is O=C(NCc1ccccc1C(F)(F)F)Nc1cnc2ccccn2c1=O. The van der Waals surface area contributed by atoms with Crippen molar-refractivity contribution in [1.29, 1.82) is 0 Å². The number of nitrogens with zero attached hydrogens (tertiary/aromatic N) is 2. The minimum absolute atomic E-state index is 0.0801. The monoisotopic (exact) mass is 362 g/mol. The fourth-order valence-electron chi connectivity index (χ4n) is 2.41. The summed E-state index contributed by atoms with van der Waals surface area (Å²) in [5.74, 6) is 0. The molecule has 26 heavy (non-hydrogen) atoms. The van der Waals surface area contributed by atoms with Crippen LogP contribution in [0.2, 0.25) is 0 Å². The van der Waals surface area contributed by atoms with Crippen molar-refractivity contribution in [2.24, 2.45) is 0 Å². The molecule has 0 spiro atoms. The quantitative estimate of drug-likeness (QED) is 0.752. The third kappa shape index (κ3) is 3.66. The number of rotatable bonds is 3. The van der Waals surface area contributed by atoms with Crippen LogP contribution in [0.15, 0.2) is 59.7 Å². The number of alkyl halides is 3. The molecule has 0 saturated carbocycles. The highest BCUT2D eigenvalue weighted by atomic mass is 19.4. The van der Waals surface area contributed by atoms with Crippen molar-refractivity contribution in [3.63, 3.8) is 0 Å². The summed E-state index contributed by atoms with van der Waals surface area (Å²) in [5, 5.41) is 4.61. The van der Waals surface area contributed by atoms with E-state index in [1.165, 1.54) is 35.0 Å². The topological polar surface area (TPSA) is 75.5 Å². The van der Waals surface area contributed by atoms with E-state index in [0.717, 1.165) is 6.07 Å². The largest absolute Gasteiger partial charge is 0.416 e. The second kappa shape index (κ2) is 6.87. The van der Waals surface area contributed by atoms with E-state index in [-0.39, 0.29) is 17.8 Å². The number of aromatic nitrogens is 2. The normalized spacial score (nSPS) is 11.3. The Hall–Kier alpha value is -3.36. The average Bonchev–Trinajstić information content (AvgIpc) is 2.62. The Morgan fingerprint density at radius 2 is 1.85 bits per heavy atom. The first-order valence-electron chi connectivity index (χ1n) is 7.52. The van der Waals surface area contributed by atoms with Crippen molar-refractivity contribution in [2.75, 3.05) is 5.32 Å². The first-order valence-corrected chi connectivity index (χ1v) is 7.52. The van der Waals surface area contributed by atoms with Gasteiger partial charge in [0.05, 0.1) is 11.8 Å². The van der Waals surface area contributed by atoms with Gasteiger partial charge in [0.1, 0.15) is 11.3 Å². The Labute approximate surface area is 145 Å². The lowest BCUT2D eigenvalue weighted by atomic mass is 10.1. The maximum absolute atomic E-state index is 12.9. The summed E-state index contributed by atoms with van der Waals surface area (Å²) in [6.07, 6.45) is -1.83. The van der Waals surface area contributed by atoms with Gasteiger partial charge in [0.2, 0.25) is 0 Å². The van der Waals surface area contributed by atoms with Gasteiger partial charge in [-0.25, -0.2) is 9.78 Å². The maximum atomic E-state index is 12.9. The fourth-order valence-corrected chi connectivity index (χ4v) is 2.41. The molecule has 2 aromatic heterocycles. The number of pyridine rings is 1. The summed E-state index contributed by atoms with van der Waals surface area (Å²) in [6.45, 7) is -0.343. The van der Waals surface area contributed by atoms with Gasteiger partial charge < -0.3 is 10.6 Å². The highest BCUT2D eigenvalue weighted by Crippen LogP contribution is 2.31. The summed E-state index contributed by atoms with van der Waals surface area (Å²) in [7, 11) is 0. The van der Waals surface area contributed by atoms with Crippen LogP contribution in [0.1, 0.15) is 11.1 Å². The van der Waals surface area contributed by atoms with E-state index in [1.807, 2.05) is 0 Å². The number of anilines is 1. The Kier molecular flexibility index (Phi) is 4.61. The minimum atomic E-state index is -4.52. The van der Waals surface area contributed by atoms with Crippen molar-refractivity contribution in [3.8, 4) is 0 Å². The standard InChI is InChI=1S/C17H13F3N4O2/c18-17(19,20)12-6-2-1-5-11(12)9-22-16(26)23-13-10-21-14-7-3-4-8-24(14)15(13)25/h1-8,10H,9H2,(H2,22,23,26). The number of hydrogen-bond acceptors (Lipinski definition) is 3. The molecule has 2 heterocycles. The zero-order chi connectivity index (χ0) is 18.7. The van der Waals surface area contributed by atoms with Crippen molar-refractivity contribution in [3.05, 3.63) is 76.3 Å². The third-order valence-corrected chi connectivity index (χ3v) is 3.62. The molecule has 3 rings (SSSR count). The summed E-state index contributed by atoms with van der Waals surface area (Å²) in [4.78, 5) is 28.2. The van der Waals surface area contributed by atoms with E-state index in [0.29, 0.717) is 5.65 Å². The Bertz CT molecular complexity index is 1010. The molecule has 0 atom stereocenters. The molecule has 0 aliphatic rings. The second-order valence-electron chi connectivity index (χ2n) is 5.37. The van der Waals surface area contributed by atoms with Crippen molar-refractivity contribution in [2.45, 2.75) is 12.7 Å². The number of carbonyl (C=O) groups excluding carboxylic acids is 1. The molecule has 0 aliphatic heterocycles. The molecule has 2 N–H and O–H groups in total. The second-order valence-corrected chi connectivity index (χ2v) is 5.37. The van der Waals surface area contributed by atoms with E-state index < -0.39 is 23.3 Å². The van der Waals surface area contributed by atoms with Crippen molar-refractivity contribution < 1.29 is 18.0 Å². The van der Waals surface area contributed by atoms with Gasteiger partial charge in [0.15, 0.2) is 0 Å². The van der Waals surface area contributed by atoms with E-state index >= 15 is 0 Å². The third-order valence-electron chi connectivity index (χ3n) is 3.62. The van der Waals surface area contributed by atoms with Crippen LogP contribution in [-0.2, 0) is 12.7 Å². The number of nitrogens with one attached hydrogen (secondary N) is 2. The van der Waals surface area contributed by atoms with E-state index in [9.17, 15) is 22.8 Å². The number of halogens is 3. The number of carbonyl (C=O) groups is 1. The molecule has 0 unspecified atom stereocenters. The van der Waals surface area contributed by atoms with Gasteiger partial charge in [-0.15, -0.1) is 0 Å². The van der Waals surface area contributed by atoms with E-state index in [4.69, 9.17) is 0 Å². The molecule has 0 aliphatic carbocycles. The van der Waals surface area contributed by atoms with Gasteiger partial charge >= 0.3 is 12.2 Å². The summed E-state index contributed by atoms with van der Waals surface area (Å²) < 4.78 is 40.1. The summed E-state index contributed by atoms with van der Waals surface area (Å²) >= 11 is 0. The minimum Gasteiger partial charge on any atom is -0.334 e. The van der Waals surface area contributed by atoms with Crippen LogP contribution in [0, 0.1) is 0 Å². The lowest BCUT2D eigenvalue weighted by Gasteiger charge is -2.13.